The Morgan fingerprint density at radius 1 is 0.688 bits per heavy atom. The summed E-state index contributed by atoms with van der Waals surface area (Å²) in [5, 5.41) is 0. The van der Waals surface area contributed by atoms with E-state index in [-0.39, 0.29) is 11.8 Å². The number of anilines is 1. The lowest BCUT2D eigenvalue weighted by Gasteiger charge is -2.12. The molecule has 2 amide bonds. The molecule has 2 aliphatic rings. The van der Waals surface area contributed by atoms with Gasteiger partial charge in [0, 0.05) is 6.20 Å². The van der Waals surface area contributed by atoms with Crippen molar-refractivity contribution in [2.24, 2.45) is 0 Å². The normalized spacial score (nSPS) is 14.1. The maximum absolute atomic E-state index is 12.3. The predicted molar refractivity (Wildman–Crippen MR) is 117 cm³/mol. The fraction of sp³-hybridized carbons (Fsp3) is 0.160. The van der Waals surface area contributed by atoms with Crippen molar-refractivity contribution in [1.29, 1.82) is 0 Å². The number of amides is 2. The Balaban J connectivity index is 0.000000165. The number of benzene rings is 2. The molecule has 7 nitrogen and oxygen atoms in total. The van der Waals surface area contributed by atoms with E-state index in [0.717, 1.165) is 22.3 Å². The third-order valence-electron chi connectivity index (χ3n) is 5.66. The maximum atomic E-state index is 12.3. The molecule has 2 aliphatic heterocycles. The summed E-state index contributed by atoms with van der Waals surface area (Å²) in [6, 6.07) is 10.3. The number of ether oxygens (including phenoxy) is 1. The van der Waals surface area contributed by atoms with E-state index >= 15 is 0 Å². The molecule has 0 fully saturated rings. The maximum Gasteiger partial charge on any atom is 0.346 e. The number of esters is 2. The van der Waals surface area contributed by atoms with Crippen LogP contribution >= 0.6 is 0 Å². The average molecular weight is 428 g/mol. The highest BCUT2D eigenvalue weighted by atomic mass is 16.6. The van der Waals surface area contributed by atoms with Crippen LogP contribution in [0.3, 0.4) is 0 Å². The van der Waals surface area contributed by atoms with Crippen LogP contribution in [0.4, 0.5) is 5.69 Å². The highest BCUT2D eigenvalue weighted by Crippen LogP contribution is 2.29. The molecule has 0 saturated heterocycles. The van der Waals surface area contributed by atoms with Crippen molar-refractivity contribution in [1.82, 2.24) is 4.98 Å². The number of carbonyl (C=O) groups is 4. The van der Waals surface area contributed by atoms with Crippen molar-refractivity contribution in [3.05, 3.63) is 93.3 Å². The van der Waals surface area contributed by atoms with Gasteiger partial charge in [-0.25, -0.2) is 14.5 Å². The van der Waals surface area contributed by atoms with Gasteiger partial charge in [0.1, 0.15) is 0 Å². The highest BCUT2D eigenvalue weighted by molar-refractivity contribution is 6.34. The SMILES string of the molecule is Cc1cc2c(cc1C)C(=O)N(c1cccnc1)C2=O.Cc1cc2c(cc1C)C(=O)OC2=O. The lowest BCUT2D eigenvalue weighted by Crippen LogP contribution is -2.29. The molecule has 160 valence electrons. The molecule has 0 unspecified atom stereocenters. The van der Waals surface area contributed by atoms with Crippen molar-refractivity contribution >= 4 is 29.4 Å². The van der Waals surface area contributed by atoms with Gasteiger partial charge in [-0.05, 0) is 86.3 Å². The molecule has 2 aromatic carbocycles. The molecule has 5 rings (SSSR count). The largest absolute Gasteiger partial charge is 0.386 e. The van der Waals surface area contributed by atoms with E-state index in [9.17, 15) is 19.2 Å². The summed E-state index contributed by atoms with van der Waals surface area (Å²) in [7, 11) is 0. The van der Waals surface area contributed by atoms with Gasteiger partial charge in [-0.2, -0.15) is 0 Å². The Morgan fingerprint density at radius 2 is 1.12 bits per heavy atom. The molecule has 0 atom stereocenters. The molecule has 3 aromatic rings. The fourth-order valence-electron chi connectivity index (χ4n) is 3.57. The molecule has 0 aliphatic carbocycles. The van der Waals surface area contributed by atoms with E-state index in [0.29, 0.717) is 27.9 Å². The van der Waals surface area contributed by atoms with Crippen molar-refractivity contribution in [3.63, 3.8) is 0 Å². The van der Waals surface area contributed by atoms with Gasteiger partial charge in [-0.1, -0.05) is 0 Å². The number of aromatic nitrogens is 1. The van der Waals surface area contributed by atoms with Crippen LogP contribution in [-0.2, 0) is 4.74 Å². The Morgan fingerprint density at radius 3 is 1.53 bits per heavy atom. The van der Waals surface area contributed by atoms with E-state index in [1.165, 1.54) is 11.1 Å². The van der Waals surface area contributed by atoms with Crippen LogP contribution in [0.15, 0.2) is 48.8 Å². The highest BCUT2D eigenvalue weighted by Gasteiger charge is 2.37. The number of pyridine rings is 1. The topological polar surface area (TPSA) is 93.6 Å². The Labute approximate surface area is 184 Å². The minimum Gasteiger partial charge on any atom is -0.386 e. The van der Waals surface area contributed by atoms with Crippen LogP contribution in [0.25, 0.3) is 0 Å². The van der Waals surface area contributed by atoms with Crippen molar-refractivity contribution in [2.45, 2.75) is 27.7 Å². The lowest BCUT2D eigenvalue weighted by molar-refractivity contribution is 0.0443. The summed E-state index contributed by atoms with van der Waals surface area (Å²) in [4.78, 5) is 52.0. The second-order valence-electron chi connectivity index (χ2n) is 7.80. The number of hydrogen-bond donors (Lipinski definition) is 0. The van der Waals surface area contributed by atoms with E-state index < -0.39 is 11.9 Å². The number of aryl methyl sites for hydroxylation is 4. The molecular weight excluding hydrogens is 408 g/mol. The van der Waals surface area contributed by atoms with Crippen molar-refractivity contribution in [2.75, 3.05) is 4.90 Å². The average Bonchev–Trinajstić information content (AvgIpc) is 3.16. The van der Waals surface area contributed by atoms with Gasteiger partial charge in [0.05, 0.1) is 34.1 Å². The first-order valence-corrected chi connectivity index (χ1v) is 9.97. The van der Waals surface area contributed by atoms with Gasteiger partial charge in [0.25, 0.3) is 11.8 Å². The van der Waals surface area contributed by atoms with E-state index in [1.54, 1.807) is 42.6 Å². The molecule has 7 heteroatoms. The number of carbonyl (C=O) groups excluding carboxylic acids is 4. The molecule has 0 saturated carbocycles. The number of cyclic esters (lactones) is 2. The monoisotopic (exact) mass is 428 g/mol. The van der Waals surface area contributed by atoms with Crippen LogP contribution in [-0.4, -0.2) is 28.7 Å². The smallest absolute Gasteiger partial charge is 0.346 e. The molecule has 0 spiro atoms. The number of fused-ring (bicyclic) bond motifs is 2. The summed E-state index contributed by atoms with van der Waals surface area (Å²) in [6.45, 7) is 7.65. The summed E-state index contributed by atoms with van der Waals surface area (Å²) in [5.74, 6) is -1.64. The van der Waals surface area contributed by atoms with Gasteiger partial charge in [0.15, 0.2) is 0 Å². The zero-order chi connectivity index (χ0) is 23.2. The standard InChI is InChI=1S/C15H12N2O2.C10H8O3/c1-9-6-12-13(7-10(9)2)15(19)17(14(12)18)11-4-3-5-16-8-11;1-5-3-7-8(4-6(5)2)10(12)13-9(7)11/h3-8H,1-2H3;3-4H,1-2H3. The van der Waals surface area contributed by atoms with Crippen LogP contribution in [0.5, 0.6) is 0 Å². The molecule has 3 heterocycles. The van der Waals surface area contributed by atoms with Crippen molar-refractivity contribution < 1.29 is 23.9 Å². The summed E-state index contributed by atoms with van der Waals surface area (Å²) in [5.41, 5.74) is 6.20. The Bertz CT molecular complexity index is 1230. The van der Waals surface area contributed by atoms with E-state index in [2.05, 4.69) is 9.72 Å². The predicted octanol–water partition coefficient (Wildman–Crippen LogP) is 4.11. The number of hydrogen-bond acceptors (Lipinski definition) is 6. The zero-order valence-electron chi connectivity index (χ0n) is 18.1. The van der Waals surface area contributed by atoms with Gasteiger partial charge >= 0.3 is 11.9 Å². The van der Waals surface area contributed by atoms with Gasteiger partial charge in [-0.15, -0.1) is 0 Å². The first-order valence-electron chi connectivity index (χ1n) is 9.97. The fourth-order valence-corrected chi connectivity index (χ4v) is 3.57. The second-order valence-corrected chi connectivity index (χ2v) is 7.80. The number of imide groups is 1. The summed E-state index contributed by atoms with van der Waals surface area (Å²) >= 11 is 0. The molecule has 1 aromatic heterocycles. The van der Waals surface area contributed by atoms with Gasteiger partial charge in [0.2, 0.25) is 0 Å². The molecule has 32 heavy (non-hydrogen) atoms. The van der Waals surface area contributed by atoms with Crippen molar-refractivity contribution in [3.8, 4) is 0 Å². The summed E-state index contributed by atoms with van der Waals surface area (Å²) in [6.07, 6.45) is 3.12. The number of nitrogens with zero attached hydrogens (tertiary/aromatic N) is 2. The molecule has 0 bridgehead atoms. The Hall–Kier alpha value is -4.13. The van der Waals surface area contributed by atoms with Crippen LogP contribution in [0, 0.1) is 27.7 Å². The third kappa shape index (κ3) is 3.47. The minimum atomic E-state index is -0.539. The minimum absolute atomic E-state index is 0.281. The number of rotatable bonds is 1. The lowest BCUT2D eigenvalue weighted by atomic mass is 10.0. The molecular formula is C25H20N2O5. The first kappa shape index (κ1) is 21.1. The summed E-state index contributed by atoms with van der Waals surface area (Å²) < 4.78 is 4.46. The first-order chi connectivity index (χ1) is 15.2. The van der Waals surface area contributed by atoms with Gasteiger partial charge < -0.3 is 4.74 Å². The molecule has 0 N–H and O–H groups in total. The molecule has 0 radical (unpaired) electrons. The van der Waals surface area contributed by atoms with E-state index in [1.807, 2.05) is 27.7 Å². The quantitative estimate of drug-likeness (QED) is 0.329. The van der Waals surface area contributed by atoms with Crippen LogP contribution in [0.1, 0.15) is 63.7 Å². The van der Waals surface area contributed by atoms with Crippen LogP contribution < -0.4 is 4.90 Å². The second kappa shape index (κ2) is 7.85. The van der Waals surface area contributed by atoms with Gasteiger partial charge in [-0.3, -0.25) is 14.6 Å². The zero-order valence-corrected chi connectivity index (χ0v) is 18.1. The van der Waals surface area contributed by atoms with E-state index in [4.69, 9.17) is 0 Å². The van der Waals surface area contributed by atoms with Crippen LogP contribution in [0.2, 0.25) is 0 Å². The Kier molecular flexibility index (Phi) is 5.18. The third-order valence-corrected chi connectivity index (χ3v) is 5.66.